The van der Waals surface area contributed by atoms with Gasteiger partial charge in [0.25, 0.3) is 5.56 Å². The Hall–Kier alpha value is -2.61. The number of nitrogens with one attached hydrogen (secondary N) is 2. The van der Waals surface area contributed by atoms with Gasteiger partial charge >= 0.3 is 0 Å². The molecule has 0 aromatic carbocycles. The standard InChI is InChI=1S/C12H10N6OS/c1-18-11(19)7(10-14-12(20)16-15-10)6-9(17-18)8-4-2-3-5-13-8/h2-6H,1H3,(H2,14,15,16,20). The third kappa shape index (κ3) is 2.16. The number of aromatic amines is 2. The smallest absolute Gasteiger partial charge is 0.277 e. The van der Waals surface area contributed by atoms with Crippen molar-refractivity contribution in [3.63, 3.8) is 0 Å². The molecule has 3 rings (SSSR count). The normalized spacial score (nSPS) is 10.7. The highest BCUT2D eigenvalue weighted by Gasteiger charge is 2.12. The molecule has 20 heavy (non-hydrogen) atoms. The Morgan fingerprint density at radius 3 is 2.75 bits per heavy atom. The molecule has 0 amide bonds. The Labute approximate surface area is 118 Å². The number of hydrogen-bond donors (Lipinski definition) is 2. The fourth-order valence-electron chi connectivity index (χ4n) is 1.82. The number of hydrogen-bond acceptors (Lipinski definition) is 5. The third-order valence-electron chi connectivity index (χ3n) is 2.75. The predicted molar refractivity (Wildman–Crippen MR) is 75.5 cm³/mol. The molecule has 0 aliphatic rings. The van der Waals surface area contributed by atoms with E-state index in [0.29, 0.717) is 27.5 Å². The van der Waals surface area contributed by atoms with Gasteiger partial charge in [0.15, 0.2) is 5.82 Å². The predicted octanol–water partition coefficient (Wildman–Crippen LogP) is 1.29. The summed E-state index contributed by atoms with van der Waals surface area (Å²) >= 11 is 4.90. The fourth-order valence-corrected chi connectivity index (χ4v) is 1.96. The van der Waals surface area contributed by atoms with Crippen LogP contribution in [0.15, 0.2) is 35.3 Å². The lowest BCUT2D eigenvalue weighted by Crippen LogP contribution is -2.22. The first-order chi connectivity index (χ1) is 9.65. The first-order valence-electron chi connectivity index (χ1n) is 5.80. The zero-order chi connectivity index (χ0) is 14.1. The van der Waals surface area contributed by atoms with Gasteiger partial charge in [-0.2, -0.15) is 10.1 Å². The molecule has 100 valence electrons. The monoisotopic (exact) mass is 286 g/mol. The Kier molecular flexibility index (Phi) is 2.99. The van der Waals surface area contributed by atoms with Crippen LogP contribution in [0.1, 0.15) is 0 Å². The molecule has 0 saturated carbocycles. The van der Waals surface area contributed by atoms with Gasteiger partial charge in [-0.25, -0.2) is 4.68 Å². The van der Waals surface area contributed by atoms with E-state index in [1.807, 2.05) is 18.2 Å². The first kappa shape index (κ1) is 12.4. The van der Waals surface area contributed by atoms with Crippen LogP contribution in [-0.4, -0.2) is 29.9 Å². The molecule has 8 heteroatoms. The second-order valence-corrected chi connectivity index (χ2v) is 4.49. The highest BCUT2D eigenvalue weighted by molar-refractivity contribution is 7.71. The Morgan fingerprint density at radius 1 is 1.25 bits per heavy atom. The summed E-state index contributed by atoms with van der Waals surface area (Å²) in [6, 6.07) is 7.14. The van der Waals surface area contributed by atoms with E-state index in [2.05, 4.69) is 25.3 Å². The van der Waals surface area contributed by atoms with Crippen molar-refractivity contribution in [3.05, 3.63) is 45.6 Å². The molecule has 7 nitrogen and oxygen atoms in total. The summed E-state index contributed by atoms with van der Waals surface area (Å²) in [5.74, 6) is 0.384. The van der Waals surface area contributed by atoms with Crippen molar-refractivity contribution in [1.29, 1.82) is 0 Å². The third-order valence-corrected chi connectivity index (χ3v) is 2.94. The quantitative estimate of drug-likeness (QED) is 0.692. The van der Waals surface area contributed by atoms with Crippen LogP contribution in [0.4, 0.5) is 0 Å². The zero-order valence-electron chi connectivity index (χ0n) is 10.5. The maximum absolute atomic E-state index is 12.1. The van der Waals surface area contributed by atoms with Crippen LogP contribution in [0, 0.1) is 4.77 Å². The minimum absolute atomic E-state index is 0.262. The van der Waals surface area contributed by atoms with Crippen molar-refractivity contribution in [2.24, 2.45) is 7.05 Å². The second kappa shape index (κ2) is 4.82. The molecule has 0 saturated heterocycles. The molecular weight excluding hydrogens is 276 g/mol. The van der Waals surface area contributed by atoms with Crippen molar-refractivity contribution in [2.75, 3.05) is 0 Å². The summed E-state index contributed by atoms with van der Waals surface area (Å²) in [5, 5.41) is 9.63. The summed E-state index contributed by atoms with van der Waals surface area (Å²) in [4.78, 5) is 20.4. The summed E-state index contributed by atoms with van der Waals surface area (Å²) in [6.07, 6.45) is 1.67. The Bertz CT molecular complexity index is 863. The highest BCUT2D eigenvalue weighted by atomic mass is 32.1. The van der Waals surface area contributed by atoms with Crippen LogP contribution in [0.2, 0.25) is 0 Å². The van der Waals surface area contributed by atoms with E-state index in [-0.39, 0.29) is 5.56 Å². The van der Waals surface area contributed by atoms with Crippen LogP contribution in [0.25, 0.3) is 22.8 Å². The molecule has 3 aromatic rings. The van der Waals surface area contributed by atoms with Gasteiger partial charge in [-0.1, -0.05) is 6.07 Å². The second-order valence-electron chi connectivity index (χ2n) is 4.10. The maximum atomic E-state index is 12.1. The van der Waals surface area contributed by atoms with Gasteiger partial charge < -0.3 is 0 Å². The molecule has 0 atom stereocenters. The lowest BCUT2D eigenvalue weighted by Gasteiger charge is -2.05. The van der Waals surface area contributed by atoms with E-state index in [1.54, 1.807) is 19.3 Å². The van der Waals surface area contributed by atoms with Gasteiger partial charge in [0.1, 0.15) is 5.69 Å². The summed E-state index contributed by atoms with van der Waals surface area (Å²) in [7, 11) is 1.58. The SMILES string of the molecule is Cn1nc(-c2ccccn2)cc(-c2nc(=S)[nH][nH]2)c1=O. The molecule has 0 aliphatic carbocycles. The number of pyridine rings is 1. The zero-order valence-corrected chi connectivity index (χ0v) is 11.3. The van der Waals surface area contributed by atoms with Crippen molar-refractivity contribution in [3.8, 4) is 22.8 Å². The summed E-state index contributed by atoms with van der Waals surface area (Å²) in [5.41, 5.74) is 1.39. The van der Waals surface area contributed by atoms with Gasteiger partial charge in [-0.05, 0) is 30.4 Å². The maximum Gasteiger partial charge on any atom is 0.277 e. The van der Waals surface area contributed by atoms with E-state index in [9.17, 15) is 4.79 Å². The molecule has 0 bridgehead atoms. The molecule has 0 fully saturated rings. The number of nitrogens with zero attached hydrogens (tertiary/aromatic N) is 4. The van der Waals surface area contributed by atoms with Crippen LogP contribution in [-0.2, 0) is 7.05 Å². The van der Waals surface area contributed by atoms with E-state index in [0.717, 1.165) is 0 Å². The van der Waals surface area contributed by atoms with Gasteiger partial charge in [-0.3, -0.25) is 20.0 Å². The van der Waals surface area contributed by atoms with Gasteiger partial charge in [0.05, 0.1) is 11.3 Å². The molecule has 0 radical (unpaired) electrons. The number of aromatic nitrogens is 6. The topological polar surface area (TPSA) is 92.2 Å². The Morgan fingerprint density at radius 2 is 2.10 bits per heavy atom. The van der Waals surface area contributed by atoms with Gasteiger partial charge in [0, 0.05) is 13.2 Å². The number of rotatable bonds is 2. The molecule has 3 aromatic heterocycles. The average Bonchev–Trinajstić information content (AvgIpc) is 2.89. The van der Waals surface area contributed by atoms with Crippen LogP contribution in [0.3, 0.4) is 0 Å². The molecule has 0 unspecified atom stereocenters. The molecule has 3 heterocycles. The van der Waals surface area contributed by atoms with Crippen molar-refractivity contribution >= 4 is 12.2 Å². The number of H-pyrrole nitrogens is 2. The van der Waals surface area contributed by atoms with Gasteiger partial charge in [-0.15, -0.1) is 0 Å². The first-order valence-corrected chi connectivity index (χ1v) is 6.21. The Balaban J connectivity index is 2.23. The highest BCUT2D eigenvalue weighted by Crippen LogP contribution is 2.17. The molecule has 0 spiro atoms. The lowest BCUT2D eigenvalue weighted by atomic mass is 10.2. The summed E-state index contributed by atoms with van der Waals surface area (Å²) in [6.45, 7) is 0. The largest absolute Gasteiger partial charge is 0.281 e. The number of aryl methyl sites for hydroxylation is 1. The van der Waals surface area contributed by atoms with E-state index in [4.69, 9.17) is 12.2 Å². The van der Waals surface area contributed by atoms with Gasteiger partial charge in [0.2, 0.25) is 4.77 Å². The van der Waals surface area contributed by atoms with Crippen molar-refractivity contribution < 1.29 is 0 Å². The average molecular weight is 286 g/mol. The van der Waals surface area contributed by atoms with E-state index < -0.39 is 0 Å². The van der Waals surface area contributed by atoms with E-state index in [1.165, 1.54) is 4.68 Å². The van der Waals surface area contributed by atoms with Crippen LogP contribution in [0.5, 0.6) is 0 Å². The fraction of sp³-hybridized carbons (Fsp3) is 0.0833. The lowest BCUT2D eigenvalue weighted by molar-refractivity contribution is 0.712. The van der Waals surface area contributed by atoms with E-state index >= 15 is 0 Å². The van der Waals surface area contributed by atoms with Crippen molar-refractivity contribution in [2.45, 2.75) is 0 Å². The summed E-state index contributed by atoms with van der Waals surface area (Å²) < 4.78 is 1.54. The van der Waals surface area contributed by atoms with Crippen LogP contribution < -0.4 is 5.56 Å². The molecular formula is C12H10N6OS. The minimum Gasteiger partial charge on any atom is -0.281 e. The molecule has 2 N–H and O–H groups in total. The minimum atomic E-state index is -0.262. The van der Waals surface area contributed by atoms with Crippen molar-refractivity contribution in [1.82, 2.24) is 29.9 Å². The van der Waals surface area contributed by atoms with Crippen LogP contribution >= 0.6 is 12.2 Å². The molecule has 0 aliphatic heterocycles.